The Morgan fingerprint density at radius 1 is 1.38 bits per heavy atom. The van der Waals surface area contributed by atoms with Gasteiger partial charge < -0.3 is 20.1 Å². The predicted octanol–water partition coefficient (Wildman–Crippen LogP) is 2.43. The zero-order chi connectivity index (χ0) is 18.6. The summed E-state index contributed by atoms with van der Waals surface area (Å²) in [5.74, 6) is 2.18. The summed E-state index contributed by atoms with van der Waals surface area (Å²) in [5, 5.41) is 10.8. The van der Waals surface area contributed by atoms with E-state index in [4.69, 9.17) is 4.52 Å². The van der Waals surface area contributed by atoms with Crippen molar-refractivity contribution >= 4 is 35.8 Å². The highest BCUT2D eigenvalue weighted by Gasteiger charge is 2.28. The van der Waals surface area contributed by atoms with Crippen LogP contribution in [0.1, 0.15) is 50.1 Å². The van der Waals surface area contributed by atoms with E-state index in [0.29, 0.717) is 0 Å². The second-order valence-corrected chi connectivity index (χ2v) is 7.16. The lowest BCUT2D eigenvalue weighted by molar-refractivity contribution is -0.133. The molecule has 0 aromatic carbocycles. The summed E-state index contributed by atoms with van der Waals surface area (Å²) in [6.45, 7) is 12.2. The Bertz CT molecular complexity index is 610. The second-order valence-electron chi connectivity index (χ2n) is 7.16. The third-order valence-corrected chi connectivity index (χ3v) is 4.72. The molecule has 1 aliphatic heterocycles. The molecule has 8 heteroatoms. The number of halogens is 1. The number of hydrogen-bond acceptors (Lipinski definition) is 4. The summed E-state index contributed by atoms with van der Waals surface area (Å²) in [5.41, 5.74) is 2.09. The van der Waals surface area contributed by atoms with Crippen LogP contribution in [0.2, 0.25) is 0 Å². The molecule has 1 aliphatic rings. The highest BCUT2D eigenvalue weighted by molar-refractivity contribution is 14.0. The van der Waals surface area contributed by atoms with E-state index in [2.05, 4.69) is 27.7 Å². The molecular weight excluding hydrogens is 445 g/mol. The maximum Gasteiger partial charge on any atom is 0.225 e. The highest BCUT2D eigenvalue weighted by atomic mass is 127. The van der Waals surface area contributed by atoms with Gasteiger partial charge in [0.05, 0.1) is 5.69 Å². The van der Waals surface area contributed by atoms with E-state index in [-0.39, 0.29) is 47.8 Å². The van der Waals surface area contributed by atoms with E-state index in [1.165, 1.54) is 0 Å². The summed E-state index contributed by atoms with van der Waals surface area (Å²) in [6, 6.07) is 0.239. The minimum absolute atomic E-state index is 0. The molecule has 2 heterocycles. The molecule has 26 heavy (non-hydrogen) atoms. The number of nitrogens with zero attached hydrogens (tertiary/aromatic N) is 3. The van der Waals surface area contributed by atoms with E-state index in [0.717, 1.165) is 49.0 Å². The molecule has 0 saturated carbocycles. The fraction of sp³-hybridized carbons (Fsp3) is 0.722. The maximum absolute atomic E-state index is 12.1. The third kappa shape index (κ3) is 5.59. The molecule has 0 radical (unpaired) electrons. The molecule has 148 valence electrons. The molecule has 2 N–H and O–H groups in total. The van der Waals surface area contributed by atoms with Gasteiger partial charge in [0.1, 0.15) is 5.76 Å². The summed E-state index contributed by atoms with van der Waals surface area (Å²) >= 11 is 0. The molecule has 1 aromatic heterocycles. The van der Waals surface area contributed by atoms with Gasteiger partial charge in [0, 0.05) is 50.1 Å². The number of rotatable bonds is 5. The van der Waals surface area contributed by atoms with E-state index < -0.39 is 0 Å². The first kappa shape index (κ1) is 22.7. The Labute approximate surface area is 173 Å². The fourth-order valence-corrected chi connectivity index (χ4v) is 3.38. The summed E-state index contributed by atoms with van der Waals surface area (Å²) < 4.78 is 5.25. The van der Waals surface area contributed by atoms with E-state index in [1.807, 2.05) is 32.6 Å². The predicted molar refractivity (Wildman–Crippen MR) is 114 cm³/mol. The Balaban J connectivity index is 0.00000338. The number of amides is 1. The number of hydrogen-bond donors (Lipinski definition) is 2. The fourth-order valence-electron chi connectivity index (χ4n) is 3.38. The van der Waals surface area contributed by atoms with Crippen LogP contribution in [-0.2, 0) is 4.79 Å². The van der Waals surface area contributed by atoms with Gasteiger partial charge in [-0.25, -0.2) is 0 Å². The van der Waals surface area contributed by atoms with Gasteiger partial charge in [-0.2, -0.15) is 0 Å². The first-order valence-electron chi connectivity index (χ1n) is 9.02. The van der Waals surface area contributed by atoms with Gasteiger partial charge >= 0.3 is 0 Å². The monoisotopic (exact) mass is 477 g/mol. The minimum atomic E-state index is 0. The standard InChI is InChI=1S/C18H31N5O2.HI/c1-11(2)17(24)23-8-7-15(10-23)21-18(19-6)20-9-12(3)16-13(4)22-25-14(16)5;/h11-12,15H,7-10H2,1-6H3,(H2,19,20,21);1H. The number of carbonyl (C=O) groups is 1. The molecule has 1 aromatic rings. The van der Waals surface area contributed by atoms with Gasteiger partial charge in [-0.15, -0.1) is 24.0 Å². The van der Waals surface area contributed by atoms with Crippen molar-refractivity contribution in [3.05, 3.63) is 17.0 Å². The molecule has 0 aliphatic carbocycles. The molecule has 1 saturated heterocycles. The van der Waals surface area contributed by atoms with Crippen LogP contribution in [0.3, 0.4) is 0 Å². The van der Waals surface area contributed by atoms with Crippen molar-refractivity contribution in [2.45, 2.75) is 53.0 Å². The molecule has 2 atom stereocenters. The van der Waals surface area contributed by atoms with Crippen LogP contribution in [0.15, 0.2) is 9.52 Å². The Morgan fingerprint density at radius 3 is 2.62 bits per heavy atom. The van der Waals surface area contributed by atoms with E-state index in [9.17, 15) is 4.79 Å². The Hall–Kier alpha value is -1.32. The average Bonchev–Trinajstić information content (AvgIpc) is 3.17. The lowest BCUT2D eigenvalue weighted by Gasteiger charge is -2.21. The molecule has 1 fully saturated rings. The molecule has 1 amide bonds. The molecule has 0 spiro atoms. The van der Waals surface area contributed by atoms with Gasteiger partial charge in [-0.1, -0.05) is 25.9 Å². The van der Waals surface area contributed by atoms with Gasteiger partial charge in [0.25, 0.3) is 0 Å². The first-order chi connectivity index (χ1) is 11.8. The Kier molecular flexibility index (Phi) is 8.85. The van der Waals surface area contributed by atoms with Crippen molar-refractivity contribution in [3.63, 3.8) is 0 Å². The van der Waals surface area contributed by atoms with Gasteiger partial charge in [-0.05, 0) is 20.3 Å². The van der Waals surface area contributed by atoms with Crippen LogP contribution in [0, 0.1) is 19.8 Å². The van der Waals surface area contributed by atoms with Crippen LogP contribution in [0.5, 0.6) is 0 Å². The van der Waals surface area contributed by atoms with Crippen LogP contribution >= 0.6 is 24.0 Å². The van der Waals surface area contributed by atoms with Crippen LogP contribution in [-0.4, -0.2) is 54.6 Å². The summed E-state index contributed by atoms with van der Waals surface area (Å²) in [4.78, 5) is 18.3. The average molecular weight is 477 g/mol. The smallest absolute Gasteiger partial charge is 0.225 e. The van der Waals surface area contributed by atoms with Crippen molar-refractivity contribution in [2.75, 3.05) is 26.7 Å². The Morgan fingerprint density at radius 2 is 2.08 bits per heavy atom. The topological polar surface area (TPSA) is 82.8 Å². The maximum atomic E-state index is 12.1. The number of guanidine groups is 1. The second kappa shape index (κ2) is 10.1. The SMILES string of the molecule is CN=C(NCC(C)c1c(C)noc1C)NC1CCN(C(=O)C(C)C)C1.I. The zero-order valence-electron chi connectivity index (χ0n) is 16.6. The third-order valence-electron chi connectivity index (χ3n) is 4.72. The molecule has 2 rings (SSSR count). The number of likely N-dealkylation sites (tertiary alicyclic amines) is 1. The van der Waals surface area contributed by atoms with Crippen molar-refractivity contribution in [1.82, 2.24) is 20.7 Å². The molecule has 2 unspecified atom stereocenters. The molecule has 7 nitrogen and oxygen atoms in total. The van der Waals surface area contributed by atoms with Crippen LogP contribution < -0.4 is 10.6 Å². The molecular formula is C18H32IN5O2. The van der Waals surface area contributed by atoms with E-state index in [1.54, 1.807) is 7.05 Å². The van der Waals surface area contributed by atoms with Crippen molar-refractivity contribution in [1.29, 1.82) is 0 Å². The number of aliphatic imine (C=N–C) groups is 1. The van der Waals surface area contributed by atoms with Crippen molar-refractivity contribution in [3.8, 4) is 0 Å². The van der Waals surface area contributed by atoms with Crippen LogP contribution in [0.25, 0.3) is 0 Å². The largest absolute Gasteiger partial charge is 0.361 e. The van der Waals surface area contributed by atoms with Crippen molar-refractivity contribution < 1.29 is 9.32 Å². The first-order valence-corrected chi connectivity index (χ1v) is 9.02. The normalized spacial score (nSPS) is 18.7. The number of aromatic nitrogens is 1. The van der Waals surface area contributed by atoms with Gasteiger partial charge in [0.15, 0.2) is 5.96 Å². The zero-order valence-corrected chi connectivity index (χ0v) is 19.0. The summed E-state index contributed by atoms with van der Waals surface area (Å²) in [6.07, 6.45) is 0.943. The van der Waals surface area contributed by atoms with Gasteiger partial charge in [-0.3, -0.25) is 9.79 Å². The van der Waals surface area contributed by atoms with Crippen LogP contribution in [0.4, 0.5) is 0 Å². The number of carbonyl (C=O) groups excluding carboxylic acids is 1. The number of aryl methyl sites for hydroxylation is 2. The quantitative estimate of drug-likeness (QED) is 0.387. The van der Waals surface area contributed by atoms with E-state index >= 15 is 0 Å². The van der Waals surface area contributed by atoms with Crippen molar-refractivity contribution in [2.24, 2.45) is 10.9 Å². The van der Waals surface area contributed by atoms with Gasteiger partial charge in [0.2, 0.25) is 5.91 Å². The molecule has 0 bridgehead atoms. The lowest BCUT2D eigenvalue weighted by Crippen LogP contribution is -2.46. The minimum Gasteiger partial charge on any atom is -0.361 e. The highest BCUT2D eigenvalue weighted by Crippen LogP contribution is 2.22. The number of nitrogens with one attached hydrogen (secondary N) is 2. The summed E-state index contributed by atoms with van der Waals surface area (Å²) in [7, 11) is 1.77. The lowest BCUT2D eigenvalue weighted by atomic mass is 10.00.